The highest BCUT2D eigenvalue weighted by Crippen LogP contribution is 2.39. The van der Waals surface area contributed by atoms with Crippen molar-refractivity contribution in [2.45, 2.75) is 39.0 Å². The molecule has 1 saturated heterocycles. The van der Waals surface area contributed by atoms with Gasteiger partial charge in [0.25, 0.3) is 0 Å². The predicted molar refractivity (Wildman–Crippen MR) is 72.0 cm³/mol. The molecule has 6 heteroatoms. The van der Waals surface area contributed by atoms with E-state index in [1.807, 2.05) is 4.52 Å². The Hall–Kier alpha value is -1.01. The highest BCUT2D eigenvalue weighted by Gasteiger charge is 2.42. The normalized spacial score (nSPS) is 24.4. The zero-order chi connectivity index (χ0) is 12.8. The second-order valence-corrected chi connectivity index (χ2v) is 6.26. The molecule has 0 saturated carbocycles. The van der Waals surface area contributed by atoms with Gasteiger partial charge in [-0.2, -0.15) is 9.61 Å². The van der Waals surface area contributed by atoms with Crippen LogP contribution in [-0.2, 0) is 11.8 Å². The molecule has 0 bridgehead atoms. The lowest BCUT2D eigenvalue weighted by molar-refractivity contribution is 0.332. The summed E-state index contributed by atoms with van der Waals surface area (Å²) < 4.78 is 1.92. The van der Waals surface area contributed by atoms with Crippen molar-refractivity contribution in [1.29, 1.82) is 0 Å². The first-order chi connectivity index (χ1) is 8.67. The molecular formula is C12H19N5S. The molecule has 0 spiro atoms. The minimum Gasteiger partial charge on any atom is -0.316 e. The lowest BCUT2D eigenvalue weighted by Gasteiger charge is -2.29. The third-order valence-corrected chi connectivity index (χ3v) is 5.21. The third kappa shape index (κ3) is 1.59. The Labute approximate surface area is 111 Å². The molecular weight excluding hydrogens is 246 g/mol. The van der Waals surface area contributed by atoms with E-state index in [1.54, 1.807) is 11.3 Å². The minimum absolute atomic E-state index is 0.177. The van der Waals surface area contributed by atoms with E-state index < -0.39 is 0 Å². The first-order valence-corrected chi connectivity index (χ1v) is 7.41. The van der Waals surface area contributed by atoms with Gasteiger partial charge in [0.05, 0.1) is 0 Å². The van der Waals surface area contributed by atoms with Crippen LogP contribution in [0.15, 0.2) is 0 Å². The summed E-state index contributed by atoms with van der Waals surface area (Å²) >= 11 is 1.70. The molecule has 1 aliphatic heterocycles. The standard InChI is InChI=1S/C12H19N5S/c1-4-9-14-15-11-17(9)16-10(18-11)12(8(2)3)5-6-13-7-12/h8,13H,4-7H2,1-3H3. The fourth-order valence-corrected chi connectivity index (χ4v) is 3.94. The predicted octanol–water partition coefficient (Wildman–Crippen LogP) is 1.64. The minimum atomic E-state index is 0.177. The molecule has 2 aromatic heterocycles. The molecule has 5 nitrogen and oxygen atoms in total. The second-order valence-electron chi connectivity index (χ2n) is 5.31. The van der Waals surface area contributed by atoms with Gasteiger partial charge in [0.1, 0.15) is 5.01 Å². The monoisotopic (exact) mass is 265 g/mol. The van der Waals surface area contributed by atoms with E-state index in [0.29, 0.717) is 5.92 Å². The zero-order valence-corrected chi connectivity index (χ0v) is 11.9. The molecule has 98 valence electrons. The van der Waals surface area contributed by atoms with Gasteiger partial charge in [0, 0.05) is 18.4 Å². The largest absolute Gasteiger partial charge is 0.316 e. The molecule has 0 radical (unpaired) electrons. The van der Waals surface area contributed by atoms with Crippen molar-refractivity contribution in [3.05, 3.63) is 10.8 Å². The van der Waals surface area contributed by atoms with Gasteiger partial charge in [-0.1, -0.05) is 32.1 Å². The summed E-state index contributed by atoms with van der Waals surface area (Å²) in [5.74, 6) is 1.54. The first-order valence-electron chi connectivity index (χ1n) is 6.59. The van der Waals surface area contributed by atoms with E-state index in [4.69, 9.17) is 5.10 Å². The number of nitrogens with one attached hydrogen (secondary N) is 1. The van der Waals surface area contributed by atoms with Gasteiger partial charge in [-0.15, -0.1) is 10.2 Å². The summed E-state index contributed by atoms with van der Waals surface area (Å²) in [5.41, 5.74) is 0.177. The van der Waals surface area contributed by atoms with Gasteiger partial charge >= 0.3 is 0 Å². The van der Waals surface area contributed by atoms with E-state index in [-0.39, 0.29) is 5.41 Å². The van der Waals surface area contributed by atoms with Crippen LogP contribution in [-0.4, -0.2) is 32.9 Å². The lowest BCUT2D eigenvalue weighted by Crippen LogP contribution is -2.34. The van der Waals surface area contributed by atoms with E-state index in [2.05, 4.69) is 36.3 Å². The summed E-state index contributed by atoms with van der Waals surface area (Å²) in [5, 5.41) is 17.9. The summed E-state index contributed by atoms with van der Waals surface area (Å²) in [7, 11) is 0. The number of rotatable bonds is 3. The highest BCUT2D eigenvalue weighted by atomic mass is 32.1. The SMILES string of the molecule is CCc1nnc2sc(C3(C(C)C)CCNC3)nn12. The molecule has 1 atom stereocenters. The molecule has 1 unspecified atom stereocenters. The maximum atomic E-state index is 4.79. The second kappa shape index (κ2) is 4.28. The molecule has 1 aliphatic rings. The molecule has 1 fully saturated rings. The van der Waals surface area contributed by atoms with E-state index in [1.165, 1.54) is 5.01 Å². The van der Waals surface area contributed by atoms with Crippen LogP contribution in [0.3, 0.4) is 0 Å². The maximum absolute atomic E-state index is 4.79. The van der Waals surface area contributed by atoms with Crippen LogP contribution in [0.5, 0.6) is 0 Å². The van der Waals surface area contributed by atoms with Crippen molar-refractivity contribution in [2.75, 3.05) is 13.1 Å². The summed E-state index contributed by atoms with van der Waals surface area (Å²) in [6.45, 7) is 8.77. The van der Waals surface area contributed by atoms with Crippen molar-refractivity contribution in [3.63, 3.8) is 0 Å². The average Bonchev–Trinajstić information content (AvgIpc) is 3.03. The van der Waals surface area contributed by atoms with Gasteiger partial charge < -0.3 is 5.32 Å². The molecule has 3 rings (SSSR count). The lowest BCUT2D eigenvalue weighted by atomic mass is 9.77. The van der Waals surface area contributed by atoms with Gasteiger partial charge in [0.2, 0.25) is 4.96 Å². The van der Waals surface area contributed by atoms with E-state index in [9.17, 15) is 0 Å². The fraction of sp³-hybridized carbons (Fsp3) is 0.750. The Morgan fingerprint density at radius 3 is 2.89 bits per heavy atom. The number of hydrogen-bond acceptors (Lipinski definition) is 5. The van der Waals surface area contributed by atoms with Crippen LogP contribution in [0.25, 0.3) is 4.96 Å². The fourth-order valence-electron chi connectivity index (χ4n) is 2.71. The van der Waals surface area contributed by atoms with Crippen molar-refractivity contribution < 1.29 is 0 Å². The van der Waals surface area contributed by atoms with E-state index in [0.717, 1.165) is 36.7 Å². The molecule has 3 heterocycles. The van der Waals surface area contributed by atoms with Crippen LogP contribution in [0.2, 0.25) is 0 Å². The Kier molecular flexibility index (Phi) is 2.86. The van der Waals surface area contributed by atoms with Crippen LogP contribution >= 0.6 is 11.3 Å². The summed E-state index contributed by atoms with van der Waals surface area (Å²) in [6.07, 6.45) is 2.04. The number of nitrogens with zero attached hydrogens (tertiary/aromatic N) is 4. The molecule has 18 heavy (non-hydrogen) atoms. The van der Waals surface area contributed by atoms with Gasteiger partial charge in [0.15, 0.2) is 5.82 Å². The third-order valence-electron chi connectivity index (χ3n) is 4.09. The Morgan fingerprint density at radius 2 is 2.28 bits per heavy atom. The first kappa shape index (κ1) is 12.0. The summed E-state index contributed by atoms with van der Waals surface area (Å²) in [6, 6.07) is 0. The van der Waals surface area contributed by atoms with Crippen molar-refractivity contribution >= 4 is 16.3 Å². The van der Waals surface area contributed by atoms with Crippen molar-refractivity contribution in [3.8, 4) is 0 Å². The maximum Gasteiger partial charge on any atom is 0.234 e. The van der Waals surface area contributed by atoms with Crippen LogP contribution in [0.1, 0.15) is 38.0 Å². The molecule has 2 aromatic rings. The molecule has 0 aromatic carbocycles. The zero-order valence-electron chi connectivity index (χ0n) is 11.1. The molecule has 0 amide bonds. The Morgan fingerprint density at radius 1 is 1.44 bits per heavy atom. The van der Waals surface area contributed by atoms with Gasteiger partial charge in [-0.3, -0.25) is 0 Å². The Bertz CT molecular complexity index is 550. The van der Waals surface area contributed by atoms with Gasteiger partial charge in [-0.25, -0.2) is 0 Å². The topological polar surface area (TPSA) is 55.1 Å². The number of fused-ring (bicyclic) bond motifs is 1. The highest BCUT2D eigenvalue weighted by molar-refractivity contribution is 7.16. The Balaban J connectivity index is 2.10. The number of hydrogen-bond donors (Lipinski definition) is 1. The number of aromatic nitrogens is 4. The number of aryl methyl sites for hydroxylation is 1. The quantitative estimate of drug-likeness (QED) is 0.916. The van der Waals surface area contributed by atoms with E-state index >= 15 is 0 Å². The molecule has 0 aliphatic carbocycles. The van der Waals surface area contributed by atoms with Crippen LogP contribution in [0, 0.1) is 5.92 Å². The van der Waals surface area contributed by atoms with Crippen LogP contribution < -0.4 is 5.32 Å². The average molecular weight is 265 g/mol. The van der Waals surface area contributed by atoms with Crippen LogP contribution in [0.4, 0.5) is 0 Å². The van der Waals surface area contributed by atoms with Gasteiger partial charge in [-0.05, 0) is 18.9 Å². The van der Waals surface area contributed by atoms with Crippen molar-refractivity contribution in [2.24, 2.45) is 5.92 Å². The van der Waals surface area contributed by atoms with Crippen molar-refractivity contribution in [1.82, 2.24) is 25.1 Å². The smallest absolute Gasteiger partial charge is 0.234 e. The summed E-state index contributed by atoms with van der Waals surface area (Å²) in [4.78, 5) is 0.925. The molecule has 1 N–H and O–H groups in total.